The van der Waals surface area contributed by atoms with Crippen LogP contribution >= 0.6 is 0 Å². The predicted molar refractivity (Wildman–Crippen MR) is 85.0 cm³/mol. The van der Waals surface area contributed by atoms with Gasteiger partial charge in [-0.1, -0.05) is 40.0 Å². The van der Waals surface area contributed by atoms with E-state index in [0.717, 1.165) is 19.3 Å². The van der Waals surface area contributed by atoms with Crippen LogP contribution in [0.4, 0.5) is 26.3 Å². The Bertz CT molecular complexity index is 475. The number of carbonyl (C=O) groups excluding carboxylic acids is 2. The summed E-state index contributed by atoms with van der Waals surface area (Å²) < 4.78 is 85.1. The number of halogens is 6. The topological polar surface area (TPSA) is 52.6 Å². The van der Waals surface area contributed by atoms with E-state index in [1.807, 2.05) is 6.92 Å². The molecule has 0 aliphatic carbocycles. The molecule has 0 aromatic carbocycles. The van der Waals surface area contributed by atoms with Gasteiger partial charge in [-0.2, -0.15) is 22.0 Å². The molecule has 0 aliphatic heterocycles. The number of rotatable bonds is 12. The van der Waals surface area contributed by atoms with Gasteiger partial charge >= 0.3 is 24.0 Å². The molecule has 0 radical (unpaired) electrons. The summed E-state index contributed by atoms with van der Waals surface area (Å²) in [5, 5.41) is 0. The molecule has 10 heteroatoms. The maximum Gasteiger partial charge on any atom is 0.425 e. The van der Waals surface area contributed by atoms with E-state index in [-0.39, 0.29) is 19.4 Å². The highest BCUT2D eigenvalue weighted by atomic mass is 19.4. The SMILES string of the molecule is CCCCCCOC(=O)C(CC)(CC)C(=O)OCC(F)(F)C(F)C(F)(F)F. The number of unbranched alkanes of at least 4 members (excludes halogenated alkanes) is 3. The summed E-state index contributed by atoms with van der Waals surface area (Å²) in [5.74, 6) is -7.42. The van der Waals surface area contributed by atoms with Crippen LogP contribution in [0.25, 0.3) is 0 Å². The molecule has 0 rings (SSSR count). The largest absolute Gasteiger partial charge is 0.465 e. The second-order valence-electron chi connectivity index (χ2n) is 6.23. The number of esters is 2. The zero-order valence-electron chi connectivity index (χ0n) is 15.6. The van der Waals surface area contributed by atoms with Crippen molar-refractivity contribution in [2.24, 2.45) is 5.41 Å². The zero-order chi connectivity index (χ0) is 21.3. The highest BCUT2D eigenvalue weighted by Gasteiger charge is 2.58. The van der Waals surface area contributed by atoms with Gasteiger partial charge in [0.2, 0.25) is 0 Å². The van der Waals surface area contributed by atoms with E-state index in [1.165, 1.54) is 13.8 Å². The average Bonchev–Trinajstić information content (AvgIpc) is 2.60. The molecule has 0 saturated carbocycles. The van der Waals surface area contributed by atoms with E-state index in [1.54, 1.807) is 0 Å². The molecule has 1 atom stereocenters. The van der Waals surface area contributed by atoms with Crippen molar-refractivity contribution in [2.75, 3.05) is 13.2 Å². The van der Waals surface area contributed by atoms with E-state index in [2.05, 4.69) is 4.74 Å². The number of hydrogen-bond acceptors (Lipinski definition) is 4. The van der Waals surface area contributed by atoms with Crippen molar-refractivity contribution in [2.45, 2.75) is 77.6 Å². The molecule has 27 heavy (non-hydrogen) atoms. The van der Waals surface area contributed by atoms with Crippen LogP contribution in [0.5, 0.6) is 0 Å². The van der Waals surface area contributed by atoms with Crippen LogP contribution in [0.3, 0.4) is 0 Å². The van der Waals surface area contributed by atoms with Gasteiger partial charge in [0.15, 0.2) is 12.0 Å². The minimum absolute atomic E-state index is 0.0185. The molecule has 160 valence electrons. The Kier molecular flexibility index (Phi) is 10.2. The van der Waals surface area contributed by atoms with Crippen molar-refractivity contribution < 1.29 is 45.4 Å². The van der Waals surface area contributed by atoms with Gasteiger partial charge in [-0.25, -0.2) is 4.39 Å². The van der Waals surface area contributed by atoms with Gasteiger partial charge in [0.05, 0.1) is 6.61 Å². The Morgan fingerprint density at radius 3 is 1.81 bits per heavy atom. The number of carbonyl (C=O) groups is 2. The maximum absolute atomic E-state index is 13.3. The third-order valence-electron chi connectivity index (χ3n) is 4.27. The van der Waals surface area contributed by atoms with Crippen molar-refractivity contribution in [3.63, 3.8) is 0 Å². The van der Waals surface area contributed by atoms with E-state index in [0.29, 0.717) is 6.42 Å². The van der Waals surface area contributed by atoms with Crippen molar-refractivity contribution in [3.8, 4) is 0 Å². The number of alkyl halides is 6. The molecular formula is C17H26F6O4. The molecular weight excluding hydrogens is 382 g/mol. The highest BCUT2D eigenvalue weighted by molar-refractivity contribution is 6.00. The van der Waals surface area contributed by atoms with Gasteiger partial charge in [-0.15, -0.1) is 0 Å². The summed E-state index contributed by atoms with van der Waals surface area (Å²) in [6.07, 6.45) is -7.41. The lowest BCUT2D eigenvalue weighted by atomic mass is 9.82. The Hall–Kier alpha value is -1.48. The van der Waals surface area contributed by atoms with Crippen molar-refractivity contribution in [3.05, 3.63) is 0 Å². The average molecular weight is 408 g/mol. The van der Waals surface area contributed by atoms with Crippen LogP contribution in [-0.4, -0.2) is 43.4 Å². The summed E-state index contributed by atoms with van der Waals surface area (Å²) in [6, 6.07) is 0. The van der Waals surface area contributed by atoms with E-state index >= 15 is 0 Å². The van der Waals surface area contributed by atoms with Crippen molar-refractivity contribution >= 4 is 11.9 Å². The van der Waals surface area contributed by atoms with E-state index in [4.69, 9.17) is 4.74 Å². The standard InChI is InChI=1S/C17H26F6O4/c1-4-7-8-9-10-26-13(24)15(5-2,6-3)14(25)27-11-16(19,20)12(18)17(21,22)23/h12H,4-11H2,1-3H3. The van der Waals surface area contributed by atoms with Crippen LogP contribution in [-0.2, 0) is 19.1 Å². The minimum Gasteiger partial charge on any atom is -0.465 e. The summed E-state index contributed by atoms with van der Waals surface area (Å²) in [7, 11) is 0. The lowest BCUT2D eigenvalue weighted by Gasteiger charge is -2.28. The van der Waals surface area contributed by atoms with Crippen LogP contribution < -0.4 is 0 Å². The van der Waals surface area contributed by atoms with Crippen LogP contribution in [0.2, 0.25) is 0 Å². The Morgan fingerprint density at radius 2 is 1.37 bits per heavy atom. The fourth-order valence-electron chi connectivity index (χ4n) is 2.36. The molecule has 0 spiro atoms. The van der Waals surface area contributed by atoms with E-state index in [9.17, 15) is 35.9 Å². The first kappa shape index (κ1) is 25.5. The third-order valence-corrected chi connectivity index (χ3v) is 4.27. The van der Waals surface area contributed by atoms with Gasteiger partial charge in [0.1, 0.15) is 0 Å². The molecule has 4 nitrogen and oxygen atoms in total. The Labute approximate surface area is 154 Å². The number of hydrogen-bond donors (Lipinski definition) is 0. The predicted octanol–water partition coefficient (Wildman–Crippen LogP) is 5.00. The zero-order valence-corrected chi connectivity index (χ0v) is 15.6. The monoisotopic (exact) mass is 408 g/mol. The Morgan fingerprint density at radius 1 is 0.852 bits per heavy atom. The van der Waals surface area contributed by atoms with Gasteiger partial charge < -0.3 is 9.47 Å². The molecule has 0 amide bonds. The maximum atomic E-state index is 13.3. The molecule has 1 unspecified atom stereocenters. The molecule has 0 saturated heterocycles. The summed E-state index contributed by atoms with van der Waals surface area (Å²) in [4.78, 5) is 24.4. The first-order chi connectivity index (χ1) is 12.4. The van der Waals surface area contributed by atoms with Crippen LogP contribution in [0, 0.1) is 5.41 Å². The Balaban J connectivity index is 4.98. The summed E-state index contributed by atoms with van der Waals surface area (Å²) in [6.45, 7) is 2.70. The van der Waals surface area contributed by atoms with Gasteiger partial charge in [0.25, 0.3) is 6.17 Å². The molecule has 0 aromatic rings. The quantitative estimate of drug-likeness (QED) is 0.197. The normalized spacial score (nSPS) is 14.0. The molecule has 0 fully saturated rings. The van der Waals surface area contributed by atoms with Gasteiger partial charge in [-0.3, -0.25) is 9.59 Å². The first-order valence-electron chi connectivity index (χ1n) is 8.82. The summed E-state index contributed by atoms with van der Waals surface area (Å²) in [5.41, 5.74) is -1.93. The first-order valence-corrected chi connectivity index (χ1v) is 8.82. The smallest absolute Gasteiger partial charge is 0.425 e. The molecule has 0 aromatic heterocycles. The van der Waals surface area contributed by atoms with Crippen molar-refractivity contribution in [1.29, 1.82) is 0 Å². The van der Waals surface area contributed by atoms with Gasteiger partial charge in [-0.05, 0) is 19.3 Å². The van der Waals surface area contributed by atoms with Crippen LogP contribution in [0.1, 0.15) is 59.3 Å². The second-order valence-corrected chi connectivity index (χ2v) is 6.23. The highest BCUT2D eigenvalue weighted by Crippen LogP contribution is 2.36. The fraction of sp³-hybridized carbons (Fsp3) is 0.882. The lowest BCUT2D eigenvalue weighted by molar-refractivity contribution is -0.255. The number of ether oxygens (including phenoxy) is 2. The molecule has 0 N–H and O–H groups in total. The third kappa shape index (κ3) is 7.21. The summed E-state index contributed by atoms with van der Waals surface area (Å²) >= 11 is 0. The molecule has 0 aliphatic rings. The fourth-order valence-corrected chi connectivity index (χ4v) is 2.36. The molecule has 0 heterocycles. The lowest BCUT2D eigenvalue weighted by Crippen LogP contribution is -2.47. The minimum atomic E-state index is -5.81. The van der Waals surface area contributed by atoms with Crippen LogP contribution in [0.15, 0.2) is 0 Å². The van der Waals surface area contributed by atoms with E-state index < -0.39 is 42.2 Å². The van der Waals surface area contributed by atoms with Crippen molar-refractivity contribution in [1.82, 2.24) is 0 Å². The second kappa shape index (κ2) is 10.8. The molecule has 0 bridgehead atoms. The van der Waals surface area contributed by atoms with Gasteiger partial charge in [0, 0.05) is 0 Å².